The van der Waals surface area contributed by atoms with Crippen LogP contribution in [0.5, 0.6) is 5.88 Å². The molecule has 1 aromatic carbocycles. The molecular formula is C26H30F5N3O5. The van der Waals surface area contributed by atoms with Crippen molar-refractivity contribution in [2.75, 3.05) is 26.9 Å². The maximum Gasteiger partial charge on any atom is 0.433 e. The summed E-state index contributed by atoms with van der Waals surface area (Å²) in [6.45, 7) is 4.41. The summed E-state index contributed by atoms with van der Waals surface area (Å²) < 4.78 is 83.8. The van der Waals surface area contributed by atoms with E-state index in [1.54, 1.807) is 20.8 Å². The van der Waals surface area contributed by atoms with Gasteiger partial charge in [0, 0.05) is 25.6 Å². The van der Waals surface area contributed by atoms with Gasteiger partial charge in [0.2, 0.25) is 11.8 Å². The quantitative estimate of drug-likeness (QED) is 0.366. The number of nitrogens with zero attached hydrogens (tertiary/aromatic N) is 2. The normalized spacial score (nSPS) is 17.7. The lowest BCUT2D eigenvalue weighted by Crippen LogP contribution is -2.47. The Hall–Kier alpha value is -3.48. The molecule has 0 spiro atoms. The largest absolute Gasteiger partial charge is 0.475 e. The lowest BCUT2D eigenvalue weighted by atomic mass is 10.0. The maximum absolute atomic E-state index is 14.5. The molecule has 2 heterocycles. The number of methoxy groups -OCH3 is 1. The van der Waals surface area contributed by atoms with Gasteiger partial charge in [0.25, 0.3) is 0 Å². The predicted molar refractivity (Wildman–Crippen MR) is 130 cm³/mol. The highest BCUT2D eigenvalue weighted by atomic mass is 19.4. The molecule has 2 aromatic rings. The van der Waals surface area contributed by atoms with Crippen LogP contribution >= 0.6 is 0 Å². The molecule has 0 unspecified atom stereocenters. The van der Waals surface area contributed by atoms with Crippen LogP contribution in [0.15, 0.2) is 30.3 Å². The van der Waals surface area contributed by atoms with E-state index in [2.05, 4.69) is 10.3 Å². The standard InChI is InChI=1S/C26H30F5N3O5/c1-25(2,3)39-24(36)34-14-18(28)12-20(34)22(35)32-13-15-9-16(11-17(27)10-15)19-5-6-21(26(29,30)31)33-23(19)38-8-7-37-4/h5-6,9-11,18,20H,7-8,12-14H2,1-4H3,(H,32,35)/t18-,20+/m1/s1. The second-order valence-corrected chi connectivity index (χ2v) is 9.94. The molecule has 0 radical (unpaired) electrons. The molecular weight excluding hydrogens is 529 g/mol. The van der Waals surface area contributed by atoms with Crippen molar-refractivity contribution in [2.45, 2.75) is 57.7 Å². The third kappa shape index (κ3) is 8.25. The molecule has 1 N–H and O–H groups in total. The number of rotatable bonds is 8. The lowest BCUT2D eigenvalue weighted by molar-refractivity contribution is -0.141. The molecule has 13 heteroatoms. The number of amides is 2. The zero-order valence-corrected chi connectivity index (χ0v) is 21.9. The van der Waals surface area contributed by atoms with Gasteiger partial charge in [0.1, 0.15) is 35.9 Å². The summed E-state index contributed by atoms with van der Waals surface area (Å²) in [6.07, 6.45) is -7.19. The van der Waals surface area contributed by atoms with Crippen molar-refractivity contribution in [3.8, 4) is 17.0 Å². The SMILES string of the molecule is COCCOc1nc(C(F)(F)F)ccc1-c1cc(F)cc(CNC(=O)[C@@H]2C[C@@H](F)CN2C(=O)OC(C)(C)C)c1. The first-order chi connectivity index (χ1) is 18.2. The smallest absolute Gasteiger partial charge is 0.433 e. The second-order valence-electron chi connectivity index (χ2n) is 9.94. The van der Waals surface area contributed by atoms with E-state index in [9.17, 15) is 31.5 Å². The molecule has 0 saturated carbocycles. The zero-order valence-electron chi connectivity index (χ0n) is 21.9. The van der Waals surface area contributed by atoms with E-state index in [0.29, 0.717) is 0 Å². The summed E-state index contributed by atoms with van der Waals surface area (Å²) in [7, 11) is 1.39. The Kier molecular flexibility index (Phi) is 9.36. The average Bonchev–Trinajstić information content (AvgIpc) is 3.23. The van der Waals surface area contributed by atoms with Crippen molar-refractivity contribution in [1.82, 2.24) is 15.2 Å². The number of alkyl halides is 4. The van der Waals surface area contributed by atoms with Gasteiger partial charge in [-0.05, 0) is 62.2 Å². The van der Waals surface area contributed by atoms with Gasteiger partial charge < -0.3 is 19.5 Å². The number of likely N-dealkylation sites (tertiary alicyclic amines) is 1. The maximum atomic E-state index is 14.5. The van der Waals surface area contributed by atoms with E-state index in [1.165, 1.54) is 13.2 Å². The first kappa shape index (κ1) is 30.1. The molecule has 8 nitrogen and oxygen atoms in total. The summed E-state index contributed by atoms with van der Waals surface area (Å²) in [4.78, 5) is 29.9. The van der Waals surface area contributed by atoms with Crippen LogP contribution in [-0.2, 0) is 27.0 Å². The van der Waals surface area contributed by atoms with Gasteiger partial charge in [-0.15, -0.1) is 0 Å². The number of benzene rings is 1. The molecule has 2 amide bonds. The van der Waals surface area contributed by atoms with Crippen molar-refractivity contribution < 1.29 is 45.8 Å². The molecule has 0 bridgehead atoms. The van der Waals surface area contributed by atoms with Crippen molar-refractivity contribution in [3.63, 3.8) is 0 Å². The highest BCUT2D eigenvalue weighted by molar-refractivity contribution is 5.86. The monoisotopic (exact) mass is 559 g/mol. The Morgan fingerprint density at radius 2 is 1.85 bits per heavy atom. The fourth-order valence-electron chi connectivity index (χ4n) is 3.92. The van der Waals surface area contributed by atoms with Crippen molar-refractivity contribution in [3.05, 3.63) is 47.4 Å². The fraction of sp³-hybridized carbons (Fsp3) is 0.500. The van der Waals surface area contributed by atoms with E-state index in [1.807, 2.05) is 0 Å². The van der Waals surface area contributed by atoms with E-state index in [4.69, 9.17) is 14.2 Å². The Labute approximate surface area is 222 Å². The number of hydrogen-bond donors (Lipinski definition) is 1. The molecule has 0 aliphatic carbocycles. The highest BCUT2D eigenvalue weighted by Crippen LogP contribution is 2.35. The van der Waals surface area contributed by atoms with Gasteiger partial charge in [0.15, 0.2) is 0 Å². The van der Waals surface area contributed by atoms with Gasteiger partial charge in [-0.3, -0.25) is 9.69 Å². The lowest BCUT2D eigenvalue weighted by Gasteiger charge is -2.27. The predicted octanol–water partition coefficient (Wildman–Crippen LogP) is 4.90. The Bertz CT molecular complexity index is 1190. The molecule has 1 aliphatic heterocycles. The second kappa shape index (κ2) is 12.1. The number of carbonyl (C=O) groups excluding carboxylic acids is 2. The van der Waals surface area contributed by atoms with Gasteiger partial charge in [0.05, 0.1) is 13.2 Å². The number of ether oxygens (including phenoxy) is 3. The van der Waals surface area contributed by atoms with Gasteiger partial charge in [-0.2, -0.15) is 13.2 Å². The summed E-state index contributed by atoms with van der Waals surface area (Å²) in [6, 6.07) is 4.42. The van der Waals surface area contributed by atoms with Crippen LogP contribution in [0.1, 0.15) is 38.4 Å². The minimum Gasteiger partial charge on any atom is -0.475 e. The van der Waals surface area contributed by atoms with Crippen LogP contribution in [0, 0.1) is 5.82 Å². The number of nitrogens with one attached hydrogen (secondary N) is 1. The van der Waals surface area contributed by atoms with Crippen LogP contribution in [0.2, 0.25) is 0 Å². The van der Waals surface area contributed by atoms with Crippen LogP contribution in [0.25, 0.3) is 11.1 Å². The molecule has 1 saturated heterocycles. The number of carbonyl (C=O) groups is 2. The zero-order chi connectivity index (χ0) is 29.0. The van der Waals surface area contributed by atoms with Gasteiger partial charge >= 0.3 is 12.3 Å². The summed E-state index contributed by atoms with van der Waals surface area (Å²) in [5, 5.41) is 2.57. The first-order valence-corrected chi connectivity index (χ1v) is 12.1. The number of halogens is 5. The van der Waals surface area contributed by atoms with Crippen LogP contribution in [0.4, 0.5) is 26.7 Å². The average molecular weight is 560 g/mol. The Morgan fingerprint density at radius 3 is 2.49 bits per heavy atom. The van der Waals surface area contributed by atoms with Crippen LogP contribution < -0.4 is 10.1 Å². The third-order valence-corrected chi connectivity index (χ3v) is 5.59. The summed E-state index contributed by atoms with van der Waals surface area (Å²) in [5.74, 6) is -1.75. The van der Waals surface area contributed by atoms with Crippen molar-refractivity contribution in [2.24, 2.45) is 0 Å². The van der Waals surface area contributed by atoms with Crippen LogP contribution in [-0.4, -0.2) is 66.6 Å². The molecule has 1 fully saturated rings. The van der Waals surface area contributed by atoms with Gasteiger partial charge in [-0.25, -0.2) is 18.6 Å². The molecule has 39 heavy (non-hydrogen) atoms. The van der Waals surface area contributed by atoms with E-state index >= 15 is 0 Å². The molecule has 1 aromatic heterocycles. The number of hydrogen-bond acceptors (Lipinski definition) is 6. The summed E-state index contributed by atoms with van der Waals surface area (Å²) >= 11 is 0. The van der Waals surface area contributed by atoms with Gasteiger partial charge in [-0.1, -0.05) is 0 Å². The molecule has 2 atom stereocenters. The topological polar surface area (TPSA) is 90.0 Å². The summed E-state index contributed by atoms with van der Waals surface area (Å²) in [5.41, 5.74) is -1.50. The van der Waals surface area contributed by atoms with E-state index in [0.717, 1.165) is 29.2 Å². The Balaban J connectivity index is 1.80. The molecule has 214 valence electrons. The molecule has 1 aliphatic rings. The Morgan fingerprint density at radius 1 is 1.13 bits per heavy atom. The number of aromatic nitrogens is 1. The van der Waals surface area contributed by atoms with Crippen molar-refractivity contribution >= 4 is 12.0 Å². The van der Waals surface area contributed by atoms with Crippen molar-refractivity contribution in [1.29, 1.82) is 0 Å². The minimum absolute atomic E-state index is 0.0824. The van der Waals surface area contributed by atoms with E-state index < -0.39 is 47.5 Å². The fourth-order valence-corrected chi connectivity index (χ4v) is 3.92. The highest BCUT2D eigenvalue weighted by Gasteiger charge is 2.41. The molecule has 3 rings (SSSR count). The van der Waals surface area contributed by atoms with Crippen LogP contribution in [0.3, 0.4) is 0 Å². The number of pyridine rings is 1. The first-order valence-electron chi connectivity index (χ1n) is 12.1. The third-order valence-electron chi connectivity index (χ3n) is 5.59. The minimum atomic E-state index is -4.72. The van der Waals surface area contributed by atoms with E-state index in [-0.39, 0.29) is 55.3 Å².